The zero-order valence-electron chi connectivity index (χ0n) is 9.84. The molecule has 0 atom stereocenters. The van der Waals surface area contributed by atoms with E-state index in [1.54, 1.807) is 6.92 Å². The third-order valence-electron chi connectivity index (χ3n) is 2.47. The number of hydrogen-bond acceptors (Lipinski definition) is 5. The molecule has 0 unspecified atom stereocenters. The van der Waals surface area contributed by atoms with Crippen LogP contribution in [0.2, 0.25) is 5.02 Å². The summed E-state index contributed by atoms with van der Waals surface area (Å²) in [6.45, 7) is 1.79. The van der Waals surface area contributed by atoms with Gasteiger partial charge in [-0.2, -0.15) is 0 Å². The number of nitrogens with zero attached hydrogens (tertiary/aromatic N) is 2. The molecule has 0 spiro atoms. The molecule has 8 heteroatoms. The first-order chi connectivity index (χ1) is 9.02. The molecule has 0 aliphatic rings. The van der Waals surface area contributed by atoms with E-state index < -0.39 is 5.82 Å². The average Bonchev–Trinajstić information content (AvgIpc) is 2.35. The summed E-state index contributed by atoms with van der Waals surface area (Å²) in [5.41, 5.74) is 3.70. The van der Waals surface area contributed by atoms with Gasteiger partial charge in [-0.3, -0.25) is 0 Å². The molecule has 0 saturated heterocycles. The van der Waals surface area contributed by atoms with Gasteiger partial charge in [0.25, 0.3) is 0 Å². The van der Waals surface area contributed by atoms with Crippen molar-refractivity contribution in [3.05, 3.63) is 39.3 Å². The van der Waals surface area contributed by atoms with Gasteiger partial charge in [-0.15, -0.1) is 0 Å². The van der Waals surface area contributed by atoms with Crippen LogP contribution >= 0.6 is 27.5 Å². The Kier molecular flexibility index (Phi) is 4.18. The van der Waals surface area contributed by atoms with Gasteiger partial charge in [-0.1, -0.05) is 11.6 Å². The van der Waals surface area contributed by atoms with Crippen LogP contribution in [0.3, 0.4) is 0 Å². The summed E-state index contributed by atoms with van der Waals surface area (Å²) in [5, 5.41) is 3.26. The van der Waals surface area contributed by atoms with Crippen LogP contribution in [0, 0.1) is 12.7 Å². The quantitative estimate of drug-likeness (QED) is 0.587. The predicted octanol–water partition coefficient (Wildman–Crippen LogP) is 3.37. The van der Waals surface area contributed by atoms with Gasteiger partial charge in [0.15, 0.2) is 0 Å². The largest absolute Gasteiger partial charge is 0.338 e. The van der Waals surface area contributed by atoms with Crippen molar-refractivity contribution in [2.75, 3.05) is 10.7 Å². The molecule has 0 aliphatic heterocycles. The molecule has 4 N–H and O–H groups in total. The number of halogens is 3. The number of nitrogens with two attached hydrogens (primary N) is 1. The Labute approximate surface area is 122 Å². The summed E-state index contributed by atoms with van der Waals surface area (Å²) in [6.07, 6.45) is 1.36. The van der Waals surface area contributed by atoms with Crippen LogP contribution in [0.25, 0.3) is 0 Å². The molecule has 0 radical (unpaired) electrons. The number of hydrazine groups is 1. The van der Waals surface area contributed by atoms with Crippen molar-refractivity contribution in [2.45, 2.75) is 6.92 Å². The Hall–Kier alpha value is -1.44. The Morgan fingerprint density at radius 2 is 2.00 bits per heavy atom. The second kappa shape index (κ2) is 5.68. The van der Waals surface area contributed by atoms with Crippen LogP contribution in [0.1, 0.15) is 5.56 Å². The summed E-state index contributed by atoms with van der Waals surface area (Å²) >= 11 is 9.24. The lowest BCUT2D eigenvalue weighted by atomic mass is 10.2. The van der Waals surface area contributed by atoms with Crippen molar-refractivity contribution in [1.82, 2.24) is 9.97 Å². The molecule has 100 valence electrons. The van der Waals surface area contributed by atoms with E-state index in [4.69, 9.17) is 17.4 Å². The van der Waals surface area contributed by atoms with Crippen molar-refractivity contribution in [3.63, 3.8) is 0 Å². The lowest BCUT2D eigenvalue weighted by Crippen LogP contribution is -2.11. The van der Waals surface area contributed by atoms with E-state index in [9.17, 15) is 4.39 Å². The predicted molar refractivity (Wildman–Crippen MR) is 77.0 cm³/mol. The molecule has 1 aromatic heterocycles. The van der Waals surface area contributed by atoms with Crippen LogP contribution in [0.15, 0.2) is 22.9 Å². The number of hydrogen-bond donors (Lipinski definition) is 3. The zero-order chi connectivity index (χ0) is 14.0. The molecule has 1 heterocycles. The fourth-order valence-corrected chi connectivity index (χ4v) is 2.40. The Bertz CT molecular complexity index is 599. The standard InChI is InChI=1S/C11H10BrClFN5/c1-5-10(16-4-17-11(5)19-15)18-9-7(12)2-6(14)3-8(9)13/h2-4H,15H2,1H3,(H2,16,17,18,19). The van der Waals surface area contributed by atoms with Crippen LogP contribution in [0.4, 0.5) is 21.7 Å². The minimum atomic E-state index is -0.425. The lowest BCUT2D eigenvalue weighted by Gasteiger charge is -2.13. The zero-order valence-corrected chi connectivity index (χ0v) is 12.2. The summed E-state index contributed by atoms with van der Waals surface area (Å²) in [4.78, 5) is 8.06. The van der Waals surface area contributed by atoms with E-state index in [2.05, 4.69) is 36.6 Å². The van der Waals surface area contributed by atoms with Gasteiger partial charge in [0.05, 0.1) is 10.7 Å². The molecule has 2 rings (SSSR count). The van der Waals surface area contributed by atoms with E-state index in [1.807, 2.05) is 0 Å². The molecular weight excluding hydrogens is 337 g/mol. The number of nitrogens with one attached hydrogen (secondary N) is 2. The molecular formula is C11H10BrClFN5. The summed E-state index contributed by atoms with van der Waals surface area (Å²) in [5.74, 6) is 5.93. The van der Waals surface area contributed by atoms with Crippen LogP contribution in [0.5, 0.6) is 0 Å². The van der Waals surface area contributed by atoms with Gasteiger partial charge in [0.1, 0.15) is 23.8 Å². The van der Waals surface area contributed by atoms with E-state index in [0.717, 1.165) is 5.56 Å². The fraction of sp³-hybridized carbons (Fsp3) is 0.0909. The maximum absolute atomic E-state index is 13.2. The average molecular weight is 347 g/mol. The van der Waals surface area contributed by atoms with Gasteiger partial charge in [-0.25, -0.2) is 20.2 Å². The fourth-order valence-electron chi connectivity index (χ4n) is 1.50. The van der Waals surface area contributed by atoms with Gasteiger partial charge in [-0.05, 0) is 35.0 Å². The smallest absolute Gasteiger partial charge is 0.148 e. The number of rotatable bonds is 3. The molecule has 0 amide bonds. The van der Waals surface area contributed by atoms with E-state index in [-0.39, 0.29) is 5.02 Å². The molecule has 0 aliphatic carbocycles. The second-order valence-corrected chi connectivity index (χ2v) is 4.97. The van der Waals surface area contributed by atoms with E-state index in [0.29, 0.717) is 21.8 Å². The van der Waals surface area contributed by atoms with E-state index >= 15 is 0 Å². The highest BCUT2D eigenvalue weighted by molar-refractivity contribution is 9.10. The summed E-state index contributed by atoms with van der Waals surface area (Å²) in [6, 6.07) is 2.53. The topological polar surface area (TPSA) is 75.9 Å². The van der Waals surface area contributed by atoms with Crippen molar-refractivity contribution in [2.24, 2.45) is 5.84 Å². The molecule has 2 aromatic rings. The first kappa shape index (κ1) is 14.0. The molecule has 0 fully saturated rings. The number of benzene rings is 1. The Morgan fingerprint density at radius 1 is 1.32 bits per heavy atom. The molecule has 1 aromatic carbocycles. The SMILES string of the molecule is Cc1c(NN)ncnc1Nc1c(Cl)cc(F)cc1Br. The second-order valence-electron chi connectivity index (χ2n) is 3.71. The first-order valence-corrected chi connectivity index (χ1v) is 6.39. The summed E-state index contributed by atoms with van der Waals surface area (Å²) in [7, 11) is 0. The lowest BCUT2D eigenvalue weighted by molar-refractivity contribution is 0.627. The highest BCUT2D eigenvalue weighted by Gasteiger charge is 2.12. The number of aromatic nitrogens is 2. The van der Waals surface area contributed by atoms with Gasteiger partial charge < -0.3 is 10.7 Å². The minimum absolute atomic E-state index is 0.243. The van der Waals surface area contributed by atoms with Crippen LogP contribution in [-0.4, -0.2) is 9.97 Å². The van der Waals surface area contributed by atoms with Crippen LogP contribution < -0.4 is 16.6 Å². The number of nitrogen functional groups attached to an aromatic ring is 1. The van der Waals surface area contributed by atoms with Crippen molar-refractivity contribution >= 4 is 44.9 Å². The third kappa shape index (κ3) is 2.94. The van der Waals surface area contributed by atoms with Gasteiger partial charge >= 0.3 is 0 Å². The number of anilines is 3. The summed E-state index contributed by atoms with van der Waals surface area (Å²) < 4.78 is 13.6. The normalized spacial score (nSPS) is 10.4. The molecule has 5 nitrogen and oxygen atoms in total. The van der Waals surface area contributed by atoms with Crippen molar-refractivity contribution in [1.29, 1.82) is 0 Å². The third-order valence-corrected chi connectivity index (χ3v) is 3.39. The molecule has 19 heavy (non-hydrogen) atoms. The molecule has 0 saturated carbocycles. The highest BCUT2D eigenvalue weighted by Crippen LogP contribution is 2.34. The van der Waals surface area contributed by atoms with Gasteiger partial charge in [0.2, 0.25) is 0 Å². The maximum atomic E-state index is 13.2. The highest BCUT2D eigenvalue weighted by atomic mass is 79.9. The van der Waals surface area contributed by atoms with E-state index in [1.165, 1.54) is 18.5 Å². The Morgan fingerprint density at radius 3 is 2.63 bits per heavy atom. The Balaban J connectivity index is 2.42. The monoisotopic (exact) mass is 345 g/mol. The minimum Gasteiger partial charge on any atom is -0.338 e. The van der Waals surface area contributed by atoms with Crippen LogP contribution in [-0.2, 0) is 0 Å². The molecule has 0 bridgehead atoms. The van der Waals surface area contributed by atoms with Crippen molar-refractivity contribution in [3.8, 4) is 0 Å². The first-order valence-electron chi connectivity index (χ1n) is 5.22. The maximum Gasteiger partial charge on any atom is 0.148 e. The van der Waals surface area contributed by atoms with Gasteiger partial charge in [0, 0.05) is 10.0 Å². The van der Waals surface area contributed by atoms with Crippen molar-refractivity contribution < 1.29 is 4.39 Å².